The first-order valence-electron chi connectivity index (χ1n) is 6.08. The molecule has 2 N–H and O–H groups in total. The lowest BCUT2D eigenvalue weighted by Crippen LogP contribution is -2.64. The van der Waals surface area contributed by atoms with Crippen LogP contribution in [0.3, 0.4) is 0 Å². The lowest BCUT2D eigenvalue weighted by atomic mass is 10.2. The van der Waals surface area contributed by atoms with E-state index in [-0.39, 0.29) is 0 Å². The average molecular weight is 230 g/mol. The van der Waals surface area contributed by atoms with Gasteiger partial charge in [0.25, 0.3) is 9.28 Å². The summed E-state index contributed by atoms with van der Waals surface area (Å²) in [5.41, 5.74) is 0. The van der Waals surface area contributed by atoms with Gasteiger partial charge in [0.15, 0.2) is 0 Å². The highest BCUT2D eigenvalue weighted by Gasteiger charge is 2.27. The first-order valence-corrected chi connectivity index (χ1v) is 7.75. The third-order valence-corrected chi connectivity index (χ3v) is 5.85. The lowest BCUT2D eigenvalue weighted by molar-refractivity contribution is 0.0388. The molecule has 1 aliphatic rings. The Hall–Kier alpha value is 0.0569. The van der Waals surface area contributed by atoms with Gasteiger partial charge in [0, 0.05) is 19.6 Å². The van der Waals surface area contributed by atoms with E-state index in [0.717, 1.165) is 12.6 Å². The van der Waals surface area contributed by atoms with Crippen LogP contribution >= 0.6 is 0 Å². The molecule has 90 valence electrons. The van der Waals surface area contributed by atoms with Crippen molar-refractivity contribution in [2.75, 3.05) is 27.7 Å². The summed E-state index contributed by atoms with van der Waals surface area (Å²) in [5.74, 6) is 0. The van der Waals surface area contributed by atoms with Gasteiger partial charge in [0.2, 0.25) is 0 Å². The largest absolute Gasteiger partial charge is 0.318 e. The molecule has 1 rings (SSSR count). The molecule has 4 nitrogen and oxygen atoms in total. The molecule has 1 fully saturated rings. The Morgan fingerprint density at radius 3 is 2.13 bits per heavy atom. The minimum atomic E-state index is -1.16. The molecule has 0 unspecified atom stereocenters. The van der Waals surface area contributed by atoms with Crippen molar-refractivity contribution in [1.82, 2.24) is 19.6 Å². The Labute approximate surface area is 95.8 Å². The van der Waals surface area contributed by atoms with E-state index >= 15 is 0 Å². The zero-order valence-electron chi connectivity index (χ0n) is 10.6. The van der Waals surface area contributed by atoms with Crippen molar-refractivity contribution in [3.05, 3.63) is 0 Å². The fourth-order valence-electron chi connectivity index (χ4n) is 2.52. The van der Waals surface area contributed by atoms with Crippen LogP contribution < -0.4 is 9.96 Å². The van der Waals surface area contributed by atoms with Gasteiger partial charge in [0.05, 0.1) is 0 Å². The molecule has 0 heterocycles. The smallest absolute Gasteiger partial charge is 0.280 e. The number of nitrogens with zero attached hydrogens (tertiary/aromatic N) is 2. The third kappa shape index (κ3) is 3.25. The van der Waals surface area contributed by atoms with Crippen molar-refractivity contribution >= 4 is 9.28 Å². The van der Waals surface area contributed by atoms with Crippen LogP contribution in [0.5, 0.6) is 0 Å². The number of hydrazine groups is 1. The van der Waals surface area contributed by atoms with Crippen LogP contribution in [-0.4, -0.2) is 52.7 Å². The summed E-state index contributed by atoms with van der Waals surface area (Å²) < 4.78 is 2.50. The first kappa shape index (κ1) is 13.1. The second-order valence-corrected chi connectivity index (χ2v) is 6.80. The molecule has 0 bridgehead atoms. The minimum absolute atomic E-state index is 0.765. The van der Waals surface area contributed by atoms with E-state index in [1.165, 1.54) is 25.7 Å². The molecule has 0 spiro atoms. The van der Waals surface area contributed by atoms with E-state index in [9.17, 15) is 0 Å². The van der Waals surface area contributed by atoms with Crippen molar-refractivity contribution in [1.29, 1.82) is 0 Å². The summed E-state index contributed by atoms with van der Waals surface area (Å²) in [4.78, 5) is 6.84. The lowest BCUT2D eigenvalue weighted by Gasteiger charge is -2.39. The molecule has 1 saturated carbocycles. The Balaban J connectivity index is 2.54. The van der Waals surface area contributed by atoms with Gasteiger partial charge >= 0.3 is 0 Å². The highest BCUT2D eigenvalue weighted by Crippen LogP contribution is 2.23. The molecule has 0 amide bonds. The summed E-state index contributed by atoms with van der Waals surface area (Å²) in [6.07, 6.45) is 5.53. The van der Waals surface area contributed by atoms with Gasteiger partial charge < -0.3 is 9.96 Å². The van der Waals surface area contributed by atoms with Gasteiger partial charge in [-0.3, -0.25) is 0 Å². The molecule has 0 radical (unpaired) electrons. The predicted octanol–water partition coefficient (Wildman–Crippen LogP) is 0.254. The number of nitrogens with one attached hydrogen (secondary N) is 2. The van der Waals surface area contributed by atoms with Crippen LogP contribution in [0.2, 0.25) is 0 Å². The fraction of sp³-hybridized carbons (Fsp3) is 1.00. The van der Waals surface area contributed by atoms with Gasteiger partial charge in [-0.2, -0.15) is 0 Å². The highest BCUT2D eigenvalue weighted by atomic mass is 28.3. The third-order valence-electron chi connectivity index (χ3n) is 3.43. The Bertz CT molecular complexity index is 169. The van der Waals surface area contributed by atoms with Crippen molar-refractivity contribution in [3.8, 4) is 0 Å². The van der Waals surface area contributed by atoms with Gasteiger partial charge in [0.1, 0.15) is 0 Å². The molecule has 0 aromatic carbocycles. The standard InChI is InChI=1S/C10H26N4Si/c1-5-14(15(11-2)12-3)13(4)10-8-6-7-9-10/h10-12,15H,5-9H2,1-4H3. The molecule has 15 heavy (non-hydrogen) atoms. The van der Waals surface area contributed by atoms with Crippen molar-refractivity contribution in [3.63, 3.8) is 0 Å². The molecule has 1 aliphatic carbocycles. The molecule has 0 saturated heterocycles. The first-order chi connectivity index (χ1) is 7.24. The molecule has 0 aromatic heterocycles. The fourth-order valence-corrected chi connectivity index (χ4v) is 4.32. The van der Waals surface area contributed by atoms with Crippen molar-refractivity contribution in [2.24, 2.45) is 0 Å². The molecule has 0 aromatic rings. The van der Waals surface area contributed by atoms with E-state index in [4.69, 9.17) is 0 Å². The maximum Gasteiger partial charge on any atom is 0.280 e. The summed E-state index contributed by atoms with van der Waals surface area (Å²) in [6.45, 7) is 3.33. The Morgan fingerprint density at radius 2 is 1.73 bits per heavy atom. The minimum Gasteiger partial charge on any atom is -0.318 e. The SMILES string of the molecule is CCN(N(C)C1CCCC1)[SiH](NC)NC. The summed E-state index contributed by atoms with van der Waals surface area (Å²) in [6, 6.07) is 0.765. The quantitative estimate of drug-likeness (QED) is 0.506. The summed E-state index contributed by atoms with van der Waals surface area (Å²) in [5, 5.41) is 2.47. The maximum absolute atomic E-state index is 3.42. The van der Waals surface area contributed by atoms with Crippen LogP contribution in [0.15, 0.2) is 0 Å². The highest BCUT2D eigenvalue weighted by molar-refractivity contribution is 6.49. The second kappa shape index (κ2) is 6.60. The van der Waals surface area contributed by atoms with Gasteiger partial charge in [-0.05, 0) is 26.9 Å². The van der Waals surface area contributed by atoms with E-state index in [1.54, 1.807) is 0 Å². The molecular formula is C10H26N4Si. The van der Waals surface area contributed by atoms with Crippen molar-refractivity contribution in [2.45, 2.75) is 38.6 Å². The predicted molar refractivity (Wildman–Crippen MR) is 67.7 cm³/mol. The van der Waals surface area contributed by atoms with Crippen LogP contribution in [0.25, 0.3) is 0 Å². The normalized spacial score (nSPS) is 18.6. The Kier molecular flexibility index (Phi) is 5.77. The van der Waals surface area contributed by atoms with Crippen LogP contribution in [0.4, 0.5) is 0 Å². The Morgan fingerprint density at radius 1 is 1.20 bits per heavy atom. The van der Waals surface area contributed by atoms with E-state index in [2.05, 4.69) is 47.7 Å². The van der Waals surface area contributed by atoms with Crippen LogP contribution in [-0.2, 0) is 0 Å². The number of hydrogen-bond acceptors (Lipinski definition) is 4. The molecule has 0 atom stereocenters. The monoisotopic (exact) mass is 230 g/mol. The summed E-state index contributed by atoms with van der Waals surface area (Å²) in [7, 11) is 5.19. The molecular weight excluding hydrogens is 204 g/mol. The second-order valence-electron chi connectivity index (χ2n) is 4.25. The van der Waals surface area contributed by atoms with E-state index < -0.39 is 9.28 Å². The van der Waals surface area contributed by atoms with Crippen LogP contribution in [0.1, 0.15) is 32.6 Å². The maximum atomic E-state index is 3.42. The van der Waals surface area contributed by atoms with Gasteiger partial charge in [-0.25, -0.2) is 9.68 Å². The van der Waals surface area contributed by atoms with E-state index in [1.807, 2.05) is 0 Å². The van der Waals surface area contributed by atoms with E-state index in [0.29, 0.717) is 0 Å². The van der Waals surface area contributed by atoms with Crippen molar-refractivity contribution < 1.29 is 0 Å². The molecule has 0 aliphatic heterocycles. The zero-order chi connectivity index (χ0) is 11.3. The summed E-state index contributed by atoms with van der Waals surface area (Å²) >= 11 is 0. The van der Waals surface area contributed by atoms with Crippen LogP contribution in [0, 0.1) is 0 Å². The topological polar surface area (TPSA) is 30.5 Å². The number of rotatable bonds is 6. The molecule has 5 heteroatoms. The van der Waals surface area contributed by atoms with Gasteiger partial charge in [-0.15, -0.1) is 0 Å². The zero-order valence-corrected chi connectivity index (χ0v) is 11.7. The van der Waals surface area contributed by atoms with Gasteiger partial charge in [-0.1, -0.05) is 19.8 Å². The average Bonchev–Trinajstić information content (AvgIpc) is 2.78. The number of hydrogen-bond donors (Lipinski definition) is 2.